The summed E-state index contributed by atoms with van der Waals surface area (Å²) in [5.41, 5.74) is 1.53. The van der Waals surface area contributed by atoms with E-state index in [9.17, 15) is 13.2 Å². The maximum Gasteiger partial charge on any atom is 0.272 e. The molecule has 124 valence electrons. The minimum atomic E-state index is -3.99. The Morgan fingerprint density at radius 1 is 1.04 bits per heavy atom. The third-order valence-corrected chi connectivity index (χ3v) is 5.92. The molecule has 2 aromatic rings. The number of nitrogens with zero attached hydrogens (tertiary/aromatic N) is 2. The first-order chi connectivity index (χ1) is 11.4. The number of aliphatic imine (C=N–C) groups is 1. The van der Waals surface area contributed by atoms with E-state index in [1.807, 2.05) is 6.92 Å². The molecule has 0 fully saturated rings. The third-order valence-electron chi connectivity index (χ3n) is 3.67. The van der Waals surface area contributed by atoms with Gasteiger partial charge >= 0.3 is 0 Å². The summed E-state index contributed by atoms with van der Waals surface area (Å²) in [6.45, 7) is 2.15. The molecule has 1 amide bonds. The first-order valence-corrected chi connectivity index (χ1v) is 9.58. The second-order valence-corrected chi connectivity index (χ2v) is 8.14. The summed E-state index contributed by atoms with van der Waals surface area (Å²) < 4.78 is 27.6. The highest BCUT2D eigenvalue weighted by atomic mass is 79.9. The smallest absolute Gasteiger partial charge is 0.272 e. The van der Waals surface area contributed by atoms with Crippen molar-refractivity contribution < 1.29 is 13.2 Å². The lowest BCUT2D eigenvalue weighted by atomic mass is 10.2. The Morgan fingerprint density at radius 2 is 1.67 bits per heavy atom. The standard InChI is InChI=1S/C17H15BrN2O3S/c1-12-2-8-15(9-3-12)24(22,23)20-16(21)10-11-19-17(20)13-4-6-14(18)7-5-13/h2-9H,10-11H2,1H3. The first kappa shape index (κ1) is 16.9. The van der Waals surface area contributed by atoms with E-state index in [2.05, 4.69) is 20.9 Å². The molecule has 24 heavy (non-hydrogen) atoms. The maximum atomic E-state index is 13.0. The molecular formula is C17H15BrN2O3S. The summed E-state index contributed by atoms with van der Waals surface area (Å²) in [6.07, 6.45) is 0.0745. The number of carbonyl (C=O) groups excluding carboxylic acids is 1. The van der Waals surface area contributed by atoms with Crippen LogP contribution < -0.4 is 0 Å². The van der Waals surface area contributed by atoms with Gasteiger partial charge in [0.2, 0.25) is 5.91 Å². The molecule has 0 saturated carbocycles. The zero-order chi connectivity index (χ0) is 17.3. The summed E-state index contributed by atoms with van der Waals surface area (Å²) >= 11 is 3.34. The van der Waals surface area contributed by atoms with E-state index in [1.165, 1.54) is 12.1 Å². The molecule has 2 aromatic carbocycles. The molecule has 1 aliphatic heterocycles. The monoisotopic (exact) mass is 406 g/mol. The Labute approximate surface area is 149 Å². The second kappa shape index (κ2) is 6.49. The number of amides is 1. The van der Waals surface area contributed by atoms with Crippen LogP contribution >= 0.6 is 15.9 Å². The number of amidine groups is 1. The van der Waals surface area contributed by atoms with Gasteiger partial charge in [0.15, 0.2) is 5.84 Å². The van der Waals surface area contributed by atoms with Crippen molar-refractivity contribution in [3.05, 3.63) is 64.1 Å². The van der Waals surface area contributed by atoms with Crippen LogP contribution in [0.5, 0.6) is 0 Å². The van der Waals surface area contributed by atoms with Gasteiger partial charge in [-0.2, -0.15) is 4.31 Å². The maximum absolute atomic E-state index is 13.0. The van der Waals surface area contributed by atoms with E-state index in [4.69, 9.17) is 0 Å². The number of carbonyl (C=O) groups is 1. The predicted octanol–water partition coefficient (Wildman–Crippen LogP) is 3.13. The number of rotatable bonds is 3. The number of benzene rings is 2. The van der Waals surface area contributed by atoms with E-state index in [0.29, 0.717) is 5.56 Å². The average Bonchev–Trinajstić information content (AvgIpc) is 2.55. The molecule has 0 aromatic heterocycles. The van der Waals surface area contributed by atoms with Crippen LogP contribution in [0.25, 0.3) is 0 Å². The molecule has 0 spiro atoms. The number of hydrogen-bond donors (Lipinski definition) is 0. The molecule has 7 heteroatoms. The van der Waals surface area contributed by atoms with Crippen LogP contribution in [-0.2, 0) is 14.8 Å². The molecule has 0 bridgehead atoms. The van der Waals surface area contributed by atoms with Crippen molar-refractivity contribution >= 4 is 37.7 Å². The minimum Gasteiger partial charge on any atom is -0.273 e. The lowest BCUT2D eigenvalue weighted by Crippen LogP contribution is -2.45. The number of sulfonamides is 1. The minimum absolute atomic E-state index is 0.0745. The second-order valence-electron chi connectivity index (χ2n) is 5.44. The quantitative estimate of drug-likeness (QED) is 0.785. The fraction of sp³-hybridized carbons (Fsp3) is 0.176. The van der Waals surface area contributed by atoms with Crippen molar-refractivity contribution in [1.29, 1.82) is 0 Å². The molecular weight excluding hydrogens is 392 g/mol. The van der Waals surface area contributed by atoms with Gasteiger partial charge in [0.25, 0.3) is 10.0 Å². The van der Waals surface area contributed by atoms with Crippen molar-refractivity contribution in [3.8, 4) is 0 Å². The van der Waals surface area contributed by atoms with Gasteiger partial charge in [-0.25, -0.2) is 8.42 Å². The molecule has 0 N–H and O–H groups in total. The lowest BCUT2D eigenvalue weighted by molar-refractivity contribution is -0.124. The average molecular weight is 407 g/mol. The van der Waals surface area contributed by atoms with E-state index < -0.39 is 15.9 Å². The Bertz CT molecular complexity index is 904. The zero-order valence-electron chi connectivity index (χ0n) is 12.9. The number of hydrogen-bond acceptors (Lipinski definition) is 4. The van der Waals surface area contributed by atoms with Gasteiger partial charge in [-0.05, 0) is 31.2 Å². The normalized spacial score (nSPS) is 15.3. The highest BCUT2D eigenvalue weighted by Gasteiger charge is 2.36. The van der Waals surface area contributed by atoms with Crippen molar-refractivity contribution in [1.82, 2.24) is 4.31 Å². The topological polar surface area (TPSA) is 66.8 Å². The van der Waals surface area contributed by atoms with Gasteiger partial charge < -0.3 is 0 Å². The van der Waals surface area contributed by atoms with Crippen molar-refractivity contribution in [3.63, 3.8) is 0 Å². The molecule has 0 atom stereocenters. The van der Waals surface area contributed by atoms with E-state index in [0.717, 1.165) is 14.3 Å². The Hall–Kier alpha value is -1.99. The highest BCUT2D eigenvalue weighted by molar-refractivity contribution is 9.10. The number of aryl methyl sites for hydroxylation is 1. The summed E-state index contributed by atoms with van der Waals surface area (Å²) in [5.74, 6) is -0.303. The van der Waals surface area contributed by atoms with Crippen LogP contribution in [0.4, 0.5) is 0 Å². The summed E-state index contributed by atoms with van der Waals surface area (Å²) in [7, 11) is -3.99. The summed E-state index contributed by atoms with van der Waals surface area (Å²) in [4.78, 5) is 16.8. The fourth-order valence-corrected chi connectivity index (χ4v) is 4.12. The molecule has 1 aliphatic rings. The molecule has 0 saturated heterocycles. The van der Waals surface area contributed by atoms with Gasteiger partial charge in [0.1, 0.15) is 0 Å². The van der Waals surface area contributed by atoms with Gasteiger partial charge in [0.05, 0.1) is 11.4 Å². The summed E-state index contributed by atoms with van der Waals surface area (Å²) in [5, 5.41) is 0. The van der Waals surface area contributed by atoms with Gasteiger partial charge in [-0.3, -0.25) is 9.79 Å². The van der Waals surface area contributed by atoms with Crippen LogP contribution in [0.15, 0.2) is 62.9 Å². The Morgan fingerprint density at radius 3 is 2.29 bits per heavy atom. The zero-order valence-corrected chi connectivity index (χ0v) is 15.3. The number of halogens is 1. The SMILES string of the molecule is Cc1ccc(S(=O)(=O)N2C(=O)CCN=C2c2ccc(Br)cc2)cc1. The van der Waals surface area contributed by atoms with Crippen molar-refractivity contribution in [2.45, 2.75) is 18.2 Å². The molecule has 1 heterocycles. The van der Waals surface area contributed by atoms with Crippen molar-refractivity contribution in [2.24, 2.45) is 4.99 Å². The predicted molar refractivity (Wildman–Crippen MR) is 95.4 cm³/mol. The largest absolute Gasteiger partial charge is 0.273 e. The van der Waals surface area contributed by atoms with Crippen LogP contribution in [-0.4, -0.2) is 31.0 Å². The summed E-state index contributed by atoms with van der Waals surface area (Å²) in [6, 6.07) is 13.5. The van der Waals surface area contributed by atoms with E-state index in [1.54, 1.807) is 36.4 Å². The lowest BCUT2D eigenvalue weighted by Gasteiger charge is -2.27. The van der Waals surface area contributed by atoms with Gasteiger partial charge in [0, 0.05) is 16.5 Å². The van der Waals surface area contributed by atoms with Crippen LogP contribution in [0.3, 0.4) is 0 Å². The van der Waals surface area contributed by atoms with Crippen LogP contribution in [0.1, 0.15) is 17.5 Å². The fourth-order valence-electron chi connectivity index (χ4n) is 2.41. The third kappa shape index (κ3) is 3.14. The highest BCUT2D eigenvalue weighted by Crippen LogP contribution is 2.24. The molecule has 0 radical (unpaired) electrons. The van der Waals surface area contributed by atoms with E-state index in [-0.39, 0.29) is 23.7 Å². The Balaban J connectivity index is 2.09. The molecule has 0 aliphatic carbocycles. The van der Waals surface area contributed by atoms with E-state index >= 15 is 0 Å². The Kier molecular flexibility index (Phi) is 4.56. The molecule has 3 rings (SSSR count). The van der Waals surface area contributed by atoms with Crippen LogP contribution in [0, 0.1) is 6.92 Å². The van der Waals surface area contributed by atoms with Crippen molar-refractivity contribution in [2.75, 3.05) is 6.54 Å². The molecule has 5 nitrogen and oxygen atoms in total. The first-order valence-electron chi connectivity index (χ1n) is 7.35. The molecule has 0 unspecified atom stereocenters. The van der Waals surface area contributed by atoms with Gasteiger partial charge in [-0.15, -0.1) is 0 Å². The van der Waals surface area contributed by atoms with Gasteiger partial charge in [-0.1, -0.05) is 45.8 Å². The van der Waals surface area contributed by atoms with Crippen LogP contribution in [0.2, 0.25) is 0 Å².